The first kappa shape index (κ1) is 23.8. The van der Waals surface area contributed by atoms with Crippen molar-refractivity contribution in [3.05, 3.63) is 82.3 Å². The molecule has 0 unspecified atom stereocenters. The van der Waals surface area contributed by atoms with E-state index < -0.39 is 6.04 Å². The van der Waals surface area contributed by atoms with Crippen LogP contribution in [-0.4, -0.2) is 33.1 Å². The number of imide groups is 1. The molecule has 0 saturated carbocycles. The summed E-state index contributed by atoms with van der Waals surface area (Å²) in [6, 6.07) is 18.1. The van der Waals surface area contributed by atoms with Crippen molar-refractivity contribution in [1.82, 2.24) is 0 Å². The molecule has 3 aromatic rings. The normalized spacial score (nSPS) is 16.8. The van der Waals surface area contributed by atoms with Crippen LogP contribution in [0, 0.1) is 0 Å². The second-order valence-electron chi connectivity index (χ2n) is 8.33. The predicted octanol–water partition coefficient (Wildman–Crippen LogP) is 5.36. The number of amides is 2. The predicted molar refractivity (Wildman–Crippen MR) is 140 cm³/mol. The Morgan fingerprint density at radius 2 is 1.53 bits per heavy atom. The molecular formula is C28H26N2O5S. The lowest BCUT2D eigenvalue weighted by Crippen LogP contribution is -2.33. The minimum atomic E-state index is -0.665. The Bertz CT molecular complexity index is 1380. The third-order valence-electron chi connectivity index (χ3n) is 6.41. The summed E-state index contributed by atoms with van der Waals surface area (Å²) in [6.07, 6.45) is 0.870. The molecule has 1 N–H and O–H groups in total. The van der Waals surface area contributed by atoms with Gasteiger partial charge in [-0.25, -0.2) is 4.90 Å². The van der Waals surface area contributed by atoms with E-state index in [1.54, 1.807) is 33.5 Å². The van der Waals surface area contributed by atoms with Gasteiger partial charge in [0.15, 0.2) is 11.5 Å². The number of aryl methyl sites for hydroxylation is 1. The fraction of sp³-hybridized carbons (Fsp3) is 0.214. The smallest absolute Gasteiger partial charge is 0.272 e. The van der Waals surface area contributed by atoms with Gasteiger partial charge in [0.05, 0.1) is 43.5 Å². The van der Waals surface area contributed by atoms with E-state index in [-0.39, 0.29) is 11.8 Å². The number of anilines is 2. The van der Waals surface area contributed by atoms with E-state index >= 15 is 0 Å². The van der Waals surface area contributed by atoms with Crippen LogP contribution in [0.1, 0.15) is 24.1 Å². The first-order chi connectivity index (χ1) is 17.5. The monoisotopic (exact) mass is 502 g/mol. The summed E-state index contributed by atoms with van der Waals surface area (Å²) in [4.78, 5) is 30.2. The first-order valence-electron chi connectivity index (χ1n) is 11.6. The van der Waals surface area contributed by atoms with Crippen LogP contribution in [0.5, 0.6) is 17.2 Å². The van der Waals surface area contributed by atoms with Gasteiger partial charge >= 0.3 is 0 Å². The van der Waals surface area contributed by atoms with Gasteiger partial charge in [-0.05, 0) is 42.3 Å². The molecule has 1 atom stereocenters. The van der Waals surface area contributed by atoms with E-state index in [0.29, 0.717) is 39.0 Å². The Balaban J connectivity index is 1.68. The highest BCUT2D eigenvalue weighted by Gasteiger charge is 2.46. The summed E-state index contributed by atoms with van der Waals surface area (Å²) in [5.74, 6) is 0.793. The zero-order chi connectivity index (χ0) is 25.4. The number of fused-ring (bicyclic) bond motifs is 1. The number of methoxy groups -OCH3 is 3. The summed E-state index contributed by atoms with van der Waals surface area (Å²) >= 11 is 1.30. The van der Waals surface area contributed by atoms with Crippen molar-refractivity contribution in [3.63, 3.8) is 0 Å². The average Bonchev–Trinajstić information content (AvgIpc) is 3.05. The highest BCUT2D eigenvalue weighted by Crippen LogP contribution is 2.50. The molecule has 3 aromatic carbocycles. The molecule has 0 aliphatic carbocycles. The maximum absolute atomic E-state index is 14.0. The third-order valence-corrected chi connectivity index (χ3v) is 7.59. The fourth-order valence-corrected chi connectivity index (χ4v) is 5.62. The molecule has 184 valence electrons. The molecule has 0 bridgehead atoms. The third kappa shape index (κ3) is 3.87. The van der Waals surface area contributed by atoms with Crippen molar-refractivity contribution < 1.29 is 23.8 Å². The maximum Gasteiger partial charge on any atom is 0.272 e. The second-order valence-corrected chi connectivity index (χ2v) is 9.39. The van der Waals surface area contributed by atoms with Crippen molar-refractivity contribution in [2.24, 2.45) is 0 Å². The molecule has 7 nitrogen and oxygen atoms in total. The van der Waals surface area contributed by atoms with Crippen LogP contribution in [0.4, 0.5) is 11.4 Å². The lowest BCUT2D eigenvalue weighted by molar-refractivity contribution is -0.120. The number of carbonyl (C=O) groups excluding carboxylic acids is 2. The average molecular weight is 503 g/mol. The maximum atomic E-state index is 14.0. The van der Waals surface area contributed by atoms with E-state index in [1.165, 1.54) is 16.7 Å². The molecule has 36 heavy (non-hydrogen) atoms. The molecule has 8 heteroatoms. The molecule has 0 aromatic heterocycles. The van der Waals surface area contributed by atoms with Gasteiger partial charge in [-0.2, -0.15) is 0 Å². The summed E-state index contributed by atoms with van der Waals surface area (Å²) in [7, 11) is 4.66. The van der Waals surface area contributed by atoms with E-state index in [0.717, 1.165) is 22.6 Å². The highest BCUT2D eigenvalue weighted by atomic mass is 32.2. The van der Waals surface area contributed by atoms with Crippen molar-refractivity contribution >= 4 is 35.0 Å². The lowest BCUT2D eigenvalue weighted by Gasteiger charge is -2.25. The van der Waals surface area contributed by atoms with Crippen LogP contribution >= 0.6 is 11.8 Å². The molecule has 2 heterocycles. The van der Waals surface area contributed by atoms with Gasteiger partial charge in [-0.1, -0.05) is 43.0 Å². The molecule has 0 spiro atoms. The number of ether oxygens (including phenoxy) is 3. The van der Waals surface area contributed by atoms with Gasteiger partial charge in [0.2, 0.25) is 0 Å². The number of hydrogen-bond donors (Lipinski definition) is 1. The molecule has 0 radical (unpaired) electrons. The standard InChI is InChI=1S/C28H26N2O5S/c1-5-16-10-12-17(13-11-16)30-27(31)24-25(18-14-21(34-3)22(35-4)15-20(18)33-2)29-19-8-6-7-9-23(19)36-26(24)28(30)32/h6-15,25,29H,5H2,1-4H3/t25-/m0/s1. The molecule has 5 rings (SSSR count). The lowest BCUT2D eigenvalue weighted by atomic mass is 9.96. The topological polar surface area (TPSA) is 77.1 Å². The van der Waals surface area contributed by atoms with E-state index in [9.17, 15) is 9.59 Å². The van der Waals surface area contributed by atoms with E-state index in [1.807, 2.05) is 48.5 Å². The second kappa shape index (κ2) is 9.62. The minimum Gasteiger partial charge on any atom is -0.496 e. The fourth-order valence-electron chi connectivity index (χ4n) is 4.52. The van der Waals surface area contributed by atoms with Crippen LogP contribution in [0.15, 0.2) is 76.0 Å². The number of rotatable bonds is 6. The van der Waals surface area contributed by atoms with Crippen LogP contribution in [0.3, 0.4) is 0 Å². The van der Waals surface area contributed by atoms with E-state index in [4.69, 9.17) is 14.2 Å². The molecule has 0 saturated heterocycles. The molecule has 2 aliphatic heterocycles. The van der Waals surface area contributed by atoms with Crippen molar-refractivity contribution in [3.8, 4) is 17.2 Å². The van der Waals surface area contributed by atoms with Crippen LogP contribution < -0.4 is 24.4 Å². The largest absolute Gasteiger partial charge is 0.496 e. The van der Waals surface area contributed by atoms with Gasteiger partial charge in [0.1, 0.15) is 5.75 Å². The van der Waals surface area contributed by atoms with Crippen molar-refractivity contribution in [1.29, 1.82) is 0 Å². The minimum absolute atomic E-state index is 0.341. The Labute approximate surface area is 214 Å². The Kier molecular flexibility index (Phi) is 6.36. The zero-order valence-electron chi connectivity index (χ0n) is 20.5. The Morgan fingerprint density at radius 3 is 2.19 bits per heavy atom. The number of thioether (sulfide) groups is 1. The summed E-state index contributed by atoms with van der Waals surface area (Å²) in [5.41, 5.74) is 3.52. The number of benzene rings is 3. The van der Waals surface area contributed by atoms with Crippen LogP contribution in [-0.2, 0) is 16.0 Å². The molecular weight excluding hydrogens is 476 g/mol. The zero-order valence-corrected chi connectivity index (χ0v) is 21.3. The number of nitrogens with zero attached hydrogens (tertiary/aromatic N) is 1. The Hall–Kier alpha value is -3.91. The first-order valence-corrected chi connectivity index (χ1v) is 12.4. The Morgan fingerprint density at radius 1 is 0.861 bits per heavy atom. The molecule has 2 aliphatic rings. The highest BCUT2D eigenvalue weighted by molar-refractivity contribution is 8.04. The van der Waals surface area contributed by atoms with Crippen molar-refractivity contribution in [2.45, 2.75) is 24.3 Å². The van der Waals surface area contributed by atoms with E-state index in [2.05, 4.69) is 12.2 Å². The number of hydrogen-bond acceptors (Lipinski definition) is 7. The quantitative estimate of drug-likeness (QED) is 0.455. The SMILES string of the molecule is CCc1ccc(N2C(=O)C3=C(C2=O)[C@H](c2cc(OC)c(OC)cc2OC)Nc2ccccc2S3)cc1. The summed E-state index contributed by atoms with van der Waals surface area (Å²) < 4.78 is 16.7. The van der Waals surface area contributed by atoms with Gasteiger partial charge in [0, 0.05) is 22.2 Å². The number of carbonyl (C=O) groups is 2. The van der Waals surface area contributed by atoms with Crippen molar-refractivity contribution in [2.75, 3.05) is 31.5 Å². The van der Waals surface area contributed by atoms with Gasteiger partial charge in [-0.3, -0.25) is 9.59 Å². The summed E-state index contributed by atoms with van der Waals surface area (Å²) in [6.45, 7) is 2.06. The summed E-state index contributed by atoms with van der Waals surface area (Å²) in [5, 5.41) is 3.50. The van der Waals surface area contributed by atoms with Gasteiger partial charge < -0.3 is 19.5 Å². The van der Waals surface area contributed by atoms with Gasteiger partial charge in [0.25, 0.3) is 11.8 Å². The molecule has 2 amide bonds. The van der Waals surface area contributed by atoms with Gasteiger partial charge in [-0.15, -0.1) is 0 Å². The van der Waals surface area contributed by atoms with Crippen LogP contribution in [0.2, 0.25) is 0 Å². The number of nitrogens with one attached hydrogen (secondary N) is 1. The molecule has 0 fully saturated rings. The van der Waals surface area contributed by atoms with Crippen LogP contribution in [0.25, 0.3) is 0 Å². The number of para-hydroxylation sites is 1.